The lowest BCUT2D eigenvalue weighted by molar-refractivity contribution is -0.385. The molecule has 4 nitrogen and oxygen atoms in total. The van der Waals surface area contributed by atoms with Crippen molar-refractivity contribution < 1.29 is 4.92 Å². The molecule has 1 atom stereocenters. The van der Waals surface area contributed by atoms with Crippen molar-refractivity contribution in [2.75, 3.05) is 0 Å². The van der Waals surface area contributed by atoms with Gasteiger partial charge in [0, 0.05) is 23.7 Å². The summed E-state index contributed by atoms with van der Waals surface area (Å²) in [5.41, 5.74) is 2.79. The fourth-order valence-corrected chi connectivity index (χ4v) is 4.72. The maximum Gasteiger partial charge on any atom is 0.269 e. The fourth-order valence-electron chi connectivity index (χ4n) is 4.72. The van der Waals surface area contributed by atoms with Crippen LogP contribution in [0.2, 0.25) is 0 Å². The number of non-ortho nitro benzene ring substituents is 1. The predicted octanol–water partition coefficient (Wildman–Crippen LogP) is 4.63. The van der Waals surface area contributed by atoms with E-state index in [2.05, 4.69) is 26.1 Å². The van der Waals surface area contributed by atoms with Gasteiger partial charge in [-0.25, -0.2) is 0 Å². The molecular weight excluding hydrogens is 276 g/mol. The molecule has 0 bridgehead atoms. The van der Waals surface area contributed by atoms with Crippen LogP contribution in [0, 0.1) is 10.1 Å². The lowest BCUT2D eigenvalue weighted by atomic mass is 9.69. The maximum absolute atomic E-state index is 11.1. The molecule has 2 aliphatic rings. The van der Waals surface area contributed by atoms with E-state index in [0.717, 1.165) is 12.0 Å². The molecule has 0 aromatic heterocycles. The van der Waals surface area contributed by atoms with Crippen molar-refractivity contribution in [1.82, 2.24) is 5.32 Å². The van der Waals surface area contributed by atoms with Crippen LogP contribution in [0.5, 0.6) is 0 Å². The Balaban J connectivity index is 2.06. The molecule has 0 radical (unpaired) electrons. The highest BCUT2D eigenvalue weighted by atomic mass is 16.6. The first kappa shape index (κ1) is 15.5. The normalized spacial score (nSPS) is 26.2. The van der Waals surface area contributed by atoms with Crippen molar-refractivity contribution in [1.29, 1.82) is 0 Å². The molecule has 4 heteroatoms. The van der Waals surface area contributed by atoms with Crippen molar-refractivity contribution >= 4 is 5.69 Å². The molecule has 1 N–H and O–H groups in total. The number of nitro benzene ring substituents is 1. The summed E-state index contributed by atoms with van der Waals surface area (Å²) in [5, 5.41) is 15.0. The summed E-state index contributed by atoms with van der Waals surface area (Å²) >= 11 is 0. The molecule has 1 spiro atoms. The van der Waals surface area contributed by atoms with Gasteiger partial charge in [-0.15, -0.1) is 0 Å². The average molecular weight is 302 g/mol. The minimum Gasteiger partial charge on any atom is -0.305 e. The monoisotopic (exact) mass is 302 g/mol. The van der Waals surface area contributed by atoms with Gasteiger partial charge in [-0.2, -0.15) is 0 Å². The highest BCUT2D eigenvalue weighted by Crippen LogP contribution is 2.46. The number of rotatable bonds is 1. The van der Waals surface area contributed by atoms with Crippen LogP contribution >= 0.6 is 0 Å². The van der Waals surface area contributed by atoms with Crippen LogP contribution in [0.3, 0.4) is 0 Å². The summed E-state index contributed by atoms with van der Waals surface area (Å²) < 4.78 is 0. The van der Waals surface area contributed by atoms with Crippen molar-refractivity contribution in [2.24, 2.45) is 0 Å². The second-order valence-electron chi connectivity index (χ2n) is 7.80. The number of nitro groups is 1. The predicted molar refractivity (Wildman–Crippen MR) is 88.1 cm³/mol. The lowest BCUT2D eigenvalue weighted by Gasteiger charge is -2.42. The minimum absolute atomic E-state index is 0.0412. The van der Waals surface area contributed by atoms with E-state index in [1.54, 1.807) is 12.1 Å². The Morgan fingerprint density at radius 2 is 1.91 bits per heavy atom. The van der Waals surface area contributed by atoms with E-state index in [1.807, 2.05) is 6.07 Å². The Morgan fingerprint density at radius 1 is 1.23 bits per heavy atom. The van der Waals surface area contributed by atoms with Gasteiger partial charge in [-0.05, 0) is 42.7 Å². The molecule has 1 aliphatic carbocycles. The Labute approximate surface area is 132 Å². The van der Waals surface area contributed by atoms with Gasteiger partial charge in [-0.1, -0.05) is 39.2 Å². The highest BCUT2D eigenvalue weighted by molar-refractivity contribution is 5.45. The van der Waals surface area contributed by atoms with E-state index in [0.29, 0.717) is 0 Å². The molecule has 1 aliphatic heterocycles. The van der Waals surface area contributed by atoms with E-state index in [-0.39, 0.29) is 27.6 Å². The Bertz CT molecular complexity index is 589. The molecule has 1 heterocycles. The van der Waals surface area contributed by atoms with Gasteiger partial charge in [-0.3, -0.25) is 10.1 Å². The molecule has 22 heavy (non-hydrogen) atoms. The molecule has 120 valence electrons. The first-order chi connectivity index (χ1) is 10.3. The third kappa shape index (κ3) is 2.65. The van der Waals surface area contributed by atoms with Gasteiger partial charge in [0.1, 0.15) is 0 Å². The highest BCUT2D eigenvalue weighted by Gasteiger charge is 2.43. The largest absolute Gasteiger partial charge is 0.305 e. The molecule has 0 amide bonds. The van der Waals surface area contributed by atoms with Crippen LogP contribution in [0.4, 0.5) is 5.69 Å². The Morgan fingerprint density at radius 3 is 2.55 bits per heavy atom. The van der Waals surface area contributed by atoms with E-state index in [9.17, 15) is 10.1 Å². The zero-order valence-corrected chi connectivity index (χ0v) is 13.8. The van der Waals surface area contributed by atoms with Crippen LogP contribution in [0.25, 0.3) is 0 Å². The van der Waals surface area contributed by atoms with Gasteiger partial charge in [0.05, 0.1) is 4.92 Å². The zero-order chi connectivity index (χ0) is 16.0. The first-order valence-corrected chi connectivity index (χ1v) is 8.40. The summed E-state index contributed by atoms with van der Waals surface area (Å²) in [5.74, 6) is 0. The number of nitrogens with one attached hydrogen (secondary N) is 1. The van der Waals surface area contributed by atoms with Crippen LogP contribution in [-0.2, 0) is 5.41 Å². The zero-order valence-electron chi connectivity index (χ0n) is 13.8. The molecule has 1 saturated carbocycles. The maximum atomic E-state index is 11.1. The molecule has 0 saturated heterocycles. The number of hydrogen-bond donors (Lipinski definition) is 1. The number of benzene rings is 1. The summed E-state index contributed by atoms with van der Waals surface area (Å²) in [4.78, 5) is 10.8. The molecule has 1 aromatic carbocycles. The average Bonchev–Trinajstić information content (AvgIpc) is 2.53. The summed E-state index contributed by atoms with van der Waals surface area (Å²) in [7, 11) is 0. The van der Waals surface area contributed by atoms with Gasteiger partial charge in [0.25, 0.3) is 5.69 Å². The van der Waals surface area contributed by atoms with E-state index in [1.165, 1.54) is 37.7 Å². The van der Waals surface area contributed by atoms with Crippen molar-refractivity contribution in [2.45, 2.75) is 76.3 Å². The molecule has 3 rings (SSSR count). The Kier molecular flexibility index (Phi) is 3.76. The first-order valence-electron chi connectivity index (χ1n) is 8.40. The third-order valence-electron chi connectivity index (χ3n) is 5.56. The molecule has 1 unspecified atom stereocenters. The smallest absolute Gasteiger partial charge is 0.269 e. The van der Waals surface area contributed by atoms with Crippen LogP contribution in [0.15, 0.2) is 18.2 Å². The quantitative estimate of drug-likeness (QED) is 0.608. The topological polar surface area (TPSA) is 55.2 Å². The second kappa shape index (κ2) is 5.34. The number of nitrogens with zero attached hydrogens (tertiary/aromatic N) is 1. The number of hydrogen-bond acceptors (Lipinski definition) is 3. The van der Waals surface area contributed by atoms with Crippen LogP contribution in [0.1, 0.15) is 76.5 Å². The van der Waals surface area contributed by atoms with Gasteiger partial charge in [0.15, 0.2) is 0 Å². The van der Waals surface area contributed by atoms with Crippen molar-refractivity contribution in [3.8, 4) is 0 Å². The minimum atomic E-state index is -0.290. The van der Waals surface area contributed by atoms with Crippen LogP contribution in [-0.4, -0.2) is 10.5 Å². The lowest BCUT2D eigenvalue weighted by Crippen LogP contribution is -2.49. The SMILES string of the molecule is CC1NC2(CCCCC2)CC(C)(C)c2ccc([N+](=O)[O-])cc21. The molecular formula is C18H26N2O2. The van der Waals surface area contributed by atoms with E-state index >= 15 is 0 Å². The summed E-state index contributed by atoms with van der Waals surface area (Å²) in [6.45, 7) is 6.72. The van der Waals surface area contributed by atoms with Gasteiger partial charge >= 0.3 is 0 Å². The molecule has 1 fully saturated rings. The van der Waals surface area contributed by atoms with Crippen molar-refractivity contribution in [3.05, 3.63) is 39.4 Å². The van der Waals surface area contributed by atoms with E-state index in [4.69, 9.17) is 0 Å². The summed E-state index contributed by atoms with van der Waals surface area (Å²) in [6.07, 6.45) is 7.44. The fraction of sp³-hybridized carbons (Fsp3) is 0.667. The Hall–Kier alpha value is -1.42. The van der Waals surface area contributed by atoms with E-state index < -0.39 is 0 Å². The van der Waals surface area contributed by atoms with Crippen LogP contribution < -0.4 is 5.32 Å². The van der Waals surface area contributed by atoms with Gasteiger partial charge < -0.3 is 5.32 Å². The molecule has 1 aromatic rings. The number of fused-ring (bicyclic) bond motifs is 1. The standard InChI is InChI=1S/C18H26N2O2/c1-13-15-11-14(20(21)22)7-8-16(15)17(2,3)12-18(19-13)9-5-4-6-10-18/h7-8,11,13,19H,4-6,9-10,12H2,1-3H3. The summed E-state index contributed by atoms with van der Waals surface area (Å²) in [6, 6.07) is 5.57. The van der Waals surface area contributed by atoms with Gasteiger partial charge in [0.2, 0.25) is 0 Å². The van der Waals surface area contributed by atoms with Crippen molar-refractivity contribution in [3.63, 3.8) is 0 Å². The second-order valence-corrected chi connectivity index (χ2v) is 7.80. The third-order valence-corrected chi connectivity index (χ3v) is 5.56.